The van der Waals surface area contributed by atoms with Gasteiger partial charge in [0.05, 0.1) is 13.2 Å². The molecule has 1 aromatic carbocycles. The quantitative estimate of drug-likeness (QED) is 0.942. The van der Waals surface area contributed by atoms with Crippen molar-refractivity contribution in [2.75, 3.05) is 39.4 Å². The summed E-state index contributed by atoms with van der Waals surface area (Å²) in [5.41, 5.74) is 2.67. The molecule has 2 fully saturated rings. The van der Waals surface area contributed by atoms with Crippen molar-refractivity contribution in [2.45, 2.75) is 31.8 Å². The third-order valence-corrected chi connectivity index (χ3v) is 5.33. The molecule has 2 saturated heterocycles. The summed E-state index contributed by atoms with van der Waals surface area (Å²) in [6.45, 7) is 7.51. The van der Waals surface area contributed by atoms with Gasteiger partial charge in [0, 0.05) is 43.9 Å². The fourth-order valence-electron chi connectivity index (χ4n) is 3.99. The van der Waals surface area contributed by atoms with Crippen LogP contribution in [0.5, 0.6) is 0 Å². The molecule has 0 aliphatic carbocycles. The number of H-pyrrole nitrogens is 1. The molecular formula is C19H27N3O. The Morgan fingerprint density at radius 3 is 2.91 bits per heavy atom. The average molecular weight is 313 g/mol. The van der Waals surface area contributed by atoms with E-state index in [-0.39, 0.29) is 0 Å². The van der Waals surface area contributed by atoms with Crippen molar-refractivity contribution in [3.63, 3.8) is 0 Å². The summed E-state index contributed by atoms with van der Waals surface area (Å²) < 4.78 is 5.49. The SMILES string of the molecule is c1cc2cc(CN3CCCC[C@@H]3CN3CCOCC3)ccc2[nH]1. The van der Waals surface area contributed by atoms with Gasteiger partial charge >= 0.3 is 0 Å². The standard InChI is InChI=1S/C19H27N3O/c1-2-8-22(18(3-1)15-21-9-11-23-12-10-21)14-16-4-5-19-17(13-16)6-7-20-19/h4-7,13,18,20H,1-3,8-12,14-15H2/t18-/m1/s1. The number of aromatic nitrogens is 1. The highest BCUT2D eigenvalue weighted by atomic mass is 16.5. The molecule has 0 amide bonds. The van der Waals surface area contributed by atoms with E-state index in [0.717, 1.165) is 32.8 Å². The molecule has 124 valence electrons. The van der Waals surface area contributed by atoms with E-state index in [1.165, 1.54) is 48.8 Å². The minimum atomic E-state index is 0.698. The van der Waals surface area contributed by atoms with Crippen molar-refractivity contribution in [3.8, 4) is 0 Å². The normalized spacial score (nSPS) is 24.3. The maximum atomic E-state index is 5.49. The van der Waals surface area contributed by atoms with Gasteiger partial charge < -0.3 is 9.72 Å². The van der Waals surface area contributed by atoms with Crippen LogP contribution in [-0.2, 0) is 11.3 Å². The molecule has 4 rings (SSSR count). The largest absolute Gasteiger partial charge is 0.379 e. The molecular weight excluding hydrogens is 286 g/mol. The maximum absolute atomic E-state index is 5.49. The highest BCUT2D eigenvalue weighted by Crippen LogP contribution is 2.22. The van der Waals surface area contributed by atoms with Crippen LogP contribution in [0.2, 0.25) is 0 Å². The van der Waals surface area contributed by atoms with E-state index in [1.807, 2.05) is 6.20 Å². The number of morpholine rings is 1. The van der Waals surface area contributed by atoms with Gasteiger partial charge in [0.2, 0.25) is 0 Å². The number of piperidine rings is 1. The van der Waals surface area contributed by atoms with Gasteiger partial charge in [-0.25, -0.2) is 0 Å². The summed E-state index contributed by atoms with van der Waals surface area (Å²) in [6.07, 6.45) is 6.08. The van der Waals surface area contributed by atoms with Gasteiger partial charge in [0.1, 0.15) is 0 Å². The highest BCUT2D eigenvalue weighted by molar-refractivity contribution is 5.79. The number of nitrogens with zero attached hydrogens (tertiary/aromatic N) is 2. The smallest absolute Gasteiger partial charge is 0.0594 e. The van der Waals surface area contributed by atoms with Crippen LogP contribution in [0, 0.1) is 0 Å². The number of hydrogen-bond donors (Lipinski definition) is 1. The zero-order valence-corrected chi connectivity index (χ0v) is 13.8. The summed E-state index contributed by atoms with van der Waals surface area (Å²) in [7, 11) is 0. The molecule has 1 N–H and O–H groups in total. The molecule has 3 heterocycles. The summed E-state index contributed by atoms with van der Waals surface area (Å²) >= 11 is 0. The van der Waals surface area contributed by atoms with Crippen molar-refractivity contribution in [1.82, 2.24) is 14.8 Å². The molecule has 2 aliphatic rings. The molecule has 0 unspecified atom stereocenters. The molecule has 1 aromatic heterocycles. The van der Waals surface area contributed by atoms with Crippen molar-refractivity contribution in [2.24, 2.45) is 0 Å². The first kappa shape index (κ1) is 15.2. The first-order valence-electron chi connectivity index (χ1n) is 8.99. The van der Waals surface area contributed by atoms with E-state index >= 15 is 0 Å². The number of aromatic amines is 1. The van der Waals surface area contributed by atoms with Crippen LogP contribution in [0.25, 0.3) is 10.9 Å². The molecule has 4 heteroatoms. The van der Waals surface area contributed by atoms with Gasteiger partial charge in [-0.1, -0.05) is 12.5 Å². The predicted molar refractivity (Wildman–Crippen MR) is 93.6 cm³/mol. The van der Waals surface area contributed by atoms with E-state index in [4.69, 9.17) is 4.74 Å². The Kier molecular flexibility index (Phi) is 4.64. The minimum absolute atomic E-state index is 0.698. The van der Waals surface area contributed by atoms with Crippen LogP contribution < -0.4 is 0 Å². The number of fused-ring (bicyclic) bond motifs is 1. The minimum Gasteiger partial charge on any atom is -0.379 e. The number of hydrogen-bond acceptors (Lipinski definition) is 3. The first-order chi connectivity index (χ1) is 11.4. The van der Waals surface area contributed by atoms with Gasteiger partial charge in [-0.05, 0) is 48.5 Å². The molecule has 1 atom stereocenters. The molecule has 0 bridgehead atoms. The molecule has 0 radical (unpaired) electrons. The number of likely N-dealkylation sites (tertiary alicyclic amines) is 1. The van der Waals surface area contributed by atoms with Crippen molar-refractivity contribution in [1.29, 1.82) is 0 Å². The van der Waals surface area contributed by atoms with E-state index in [9.17, 15) is 0 Å². The summed E-state index contributed by atoms with van der Waals surface area (Å²) in [5, 5.41) is 1.32. The lowest BCUT2D eigenvalue weighted by atomic mass is 10.00. The van der Waals surface area contributed by atoms with Crippen molar-refractivity contribution < 1.29 is 4.74 Å². The molecule has 23 heavy (non-hydrogen) atoms. The van der Waals surface area contributed by atoms with Crippen LogP contribution in [0.15, 0.2) is 30.5 Å². The van der Waals surface area contributed by atoms with E-state index < -0.39 is 0 Å². The number of nitrogens with one attached hydrogen (secondary N) is 1. The Bertz CT molecular complexity index is 632. The zero-order valence-electron chi connectivity index (χ0n) is 13.8. The maximum Gasteiger partial charge on any atom is 0.0594 e. The van der Waals surface area contributed by atoms with Crippen molar-refractivity contribution in [3.05, 3.63) is 36.0 Å². The van der Waals surface area contributed by atoms with E-state index in [1.54, 1.807) is 0 Å². The topological polar surface area (TPSA) is 31.5 Å². The van der Waals surface area contributed by atoms with Gasteiger partial charge in [-0.15, -0.1) is 0 Å². The first-order valence-corrected chi connectivity index (χ1v) is 8.99. The van der Waals surface area contributed by atoms with Crippen LogP contribution in [0.3, 0.4) is 0 Å². The van der Waals surface area contributed by atoms with Gasteiger partial charge in [-0.3, -0.25) is 9.80 Å². The summed E-state index contributed by atoms with van der Waals surface area (Å²) in [6, 6.07) is 9.70. The lowest BCUT2D eigenvalue weighted by Crippen LogP contribution is -2.49. The Balaban J connectivity index is 1.43. The van der Waals surface area contributed by atoms with Gasteiger partial charge in [0.25, 0.3) is 0 Å². The summed E-state index contributed by atoms with van der Waals surface area (Å²) in [4.78, 5) is 8.57. The van der Waals surface area contributed by atoms with Crippen molar-refractivity contribution >= 4 is 10.9 Å². The second-order valence-corrected chi connectivity index (χ2v) is 6.93. The zero-order chi connectivity index (χ0) is 15.5. The van der Waals surface area contributed by atoms with Crippen LogP contribution in [0.4, 0.5) is 0 Å². The number of benzene rings is 1. The second-order valence-electron chi connectivity index (χ2n) is 6.93. The lowest BCUT2D eigenvalue weighted by molar-refractivity contribution is 0.0153. The van der Waals surface area contributed by atoms with E-state index in [0.29, 0.717) is 6.04 Å². The third-order valence-electron chi connectivity index (χ3n) is 5.33. The monoisotopic (exact) mass is 313 g/mol. The fraction of sp³-hybridized carbons (Fsp3) is 0.579. The van der Waals surface area contributed by atoms with Gasteiger partial charge in [-0.2, -0.15) is 0 Å². The number of ether oxygens (including phenoxy) is 1. The molecule has 4 nitrogen and oxygen atoms in total. The number of rotatable bonds is 4. The average Bonchev–Trinajstić information content (AvgIpc) is 3.05. The van der Waals surface area contributed by atoms with Gasteiger partial charge in [0.15, 0.2) is 0 Å². The molecule has 0 spiro atoms. The predicted octanol–water partition coefficient (Wildman–Crippen LogP) is 2.85. The highest BCUT2D eigenvalue weighted by Gasteiger charge is 2.25. The Morgan fingerprint density at radius 1 is 1.09 bits per heavy atom. The molecule has 0 saturated carbocycles. The third kappa shape index (κ3) is 3.60. The van der Waals surface area contributed by atoms with Crippen LogP contribution in [-0.4, -0.2) is 60.2 Å². The fourth-order valence-corrected chi connectivity index (χ4v) is 3.99. The Labute approximate surface area is 138 Å². The summed E-state index contributed by atoms with van der Waals surface area (Å²) in [5.74, 6) is 0. The Hall–Kier alpha value is -1.36. The van der Waals surface area contributed by atoms with Crippen LogP contribution in [0.1, 0.15) is 24.8 Å². The second kappa shape index (κ2) is 7.04. The Morgan fingerprint density at radius 2 is 2.00 bits per heavy atom. The lowest BCUT2D eigenvalue weighted by Gasteiger charge is -2.39. The van der Waals surface area contributed by atoms with Crippen LogP contribution >= 0.6 is 0 Å². The molecule has 2 aromatic rings. The molecule has 2 aliphatic heterocycles. The van der Waals surface area contributed by atoms with E-state index in [2.05, 4.69) is 39.0 Å².